The monoisotopic (exact) mass is 671 g/mol. The third-order valence-corrected chi connectivity index (χ3v) is 7.08. The van der Waals surface area contributed by atoms with Gasteiger partial charge in [0, 0.05) is 45.2 Å². The number of piperidine rings is 1. The Balaban J connectivity index is 0.000000396. The van der Waals surface area contributed by atoms with Crippen LogP contribution >= 0.6 is 0 Å². The summed E-state index contributed by atoms with van der Waals surface area (Å²) in [6, 6.07) is 4.86. The Morgan fingerprint density at radius 3 is 1.64 bits per heavy atom. The number of hydrogen-bond donors (Lipinski definition) is 3. The molecule has 4 rings (SSSR count). The average Bonchev–Trinajstić information content (AvgIpc) is 3.68. The average molecular weight is 672 g/mol. The van der Waals surface area contributed by atoms with E-state index < -0.39 is 36.4 Å². The van der Waals surface area contributed by atoms with Crippen LogP contribution in [-0.2, 0) is 25.7 Å². The first-order valence-corrected chi connectivity index (χ1v) is 13.3. The normalized spacial score (nSPS) is 20.1. The number of likely N-dealkylation sites (tertiary alicyclic amines) is 2. The maximum Gasteiger partial charge on any atom is 0.490 e. The molecule has 0 aromatic carbocycles. The number of methoxy groups -OCH3 is 1. The van der Waals surface area contributed by atoms with E-state index in [1.54, 1.807) is 0 Å². The van der Waals surface area contributed by atoms with Gasteiger partial charge in [0.05, 0.1) is 6.61 Å². The molecule has 1 unspecified atom stereocenters. The fourth-order valence-corrected chi connectivity index (χ4v) is 4.76. The molecule has 1 saturated carbocycles. The SMILES string of the molecule is COCC1CC2(CCN(CC3CC3)CC2)CN1Cc1ccncc1.O=C(O)C(F)(F)F.O=C(O)C(F)(F)F.O=C(O)C(F)(F)F. The van der Waals surface area contributed by atoms with Gasteiger partial charge in [-0.3, -0.25) is 9.88 Å². The molecule has 1 aromatic rings. The lowest BCUT2D eigenvalue weighted by Gasteiger charge is -2.39. The van der Waals surface area contributed by atoms with Crippen molar-refractivity contribution in [2.75, 3.05) is 39.9 Å². The van der Waals surface area contributed by atoms with Crippen LogP contribution in [0.3, 0.4) is 0 Å². The number of carbonyl (C=O) groups is 3. The van der Waals surface area contributed by atoms with Crippen LogP contribution in [0.25, 0.3) is 0 Å². The van der Waals surface area contributed by atoms with E-state index in [9.17, 15) is 39.5 Å². The highest BCUT2D eigenvalue weighted by atomic mass is 19.4. The third kappa shape index (κ3) is 15.6. The summed E-state index contributed by atoms with van der Waals surface area (Å²) in [5.41, 5.74) is 1.89. The van der Waals surface area contributed by atoms with E-state index in [2.05, 4.69) is 26.9 Å². The summed E-state index contributed by atoms with van der Waals surface area (Å²) in [7, 11) is 1.84. The molecule has 0 bridgehead atoms. The predicted octanol–water partition coefficient (Wildman–Crippen LogP) is 4.69. The molecule has 1 atom stereocenters. The zero-order valence-corrected chi connectivity index (χ0v) is 24.0. The number of pyridine rings is 1. The topological polar surface area (TPSA) is 140 Å². The Morgan fingerprint density at radius 2 is 1.29 bits per heavy atom. The van der Waals surface area contributed by atoms with Crippen LogP contribution in [-0.4, -0.2) is 112 Å². The van der Waals surface area contributed by atoms with Crippen LogP contribution < -0.4 is 0 Å². The van der Waals surface area contributed by atoms with Crippen molar-refractivity contribution in [3.05, 3.63) is 30.1 Å². The first kappa shape index (κ1) is 39.8. The van der Waals surface area contributed by atoms with E-state index >= 15 is 0 Å². The highest BCUT2D eigenvalue weighted by molar-refractivity contribution is 5.73. The van der Waals surface area contributed by atoms with Crippen molar-refractivity contribution in [2.24, 2.45) is 11.3 Å². The standard InChI is InChI=1S/C20H31N3O.3C2HF3O2/c1-24-15-19-12-20(6-10-22(11-7-20)13-17-2-3-17)16-23(19)14-18-4-8-21-9-5-18;3*3-2(4,5)1(6)7/h4-5,8-9,17,19H,2-3,6-7,10-16H2,1H3;3*(H,6,7). The Morgan fingerprint density at radius 1 is 0.867 bits per heavy atom. The highest BCUT2D eigenvalue weighted by Gasteiger charge is 2.45. The number of carboxylic acid groups (broad SMARTS) is 3. The first-order valence-electron chi connectivity index (χ1n) is 13.3. The number of alkyl halides is 9. The second-order valence-electron chi connectivity index (χ2n) is 10.7. The molecule has 3 heterocycles. The van der Waals surface area contributed by atoms with Crippen molar-refractivity contribution in [1.29, 1.82) is 0 Å². The van der Waals surface area contributed by atoms with Gasteiger partial charge in [-0.1, -0.05) is 0 Å². The van der Waals surface area contributed by atoms with Crippen LogP contribution in [0.15, 0.2) is 24.5 Å². The van der Waals surface area contributed by atoms with Gasteiger partial charge >= 0.3 is 36.4 Å². The molecular formula is C26H34F9N3O7. The number of halogens is 9. The van der Waals surface area contributed by atoms with Gasteiger partial charge < -0.3 is 25.0 Å². The molecule has 0 amide bonds. The number of rotatable bonds is 6. The lowest BCUT2D eigenvalue weighted by molar-refractivity contribution is -0.193. The quantitative estimate of drug-likeness (QED) is 0.365. The number of aliphatic carboxylic acids is 3. The van der Waals surface area contributed by atoms with Gasteiger partial charge in [0.1, 0.15) is 0 Å². The van der Waals surface area contributed by atoms with Gasteiger partial charge in [-0.05, 0) is 74.2 Å². The minimum Gasteiger partial charge on any atom is -0.475 e. The van der Waals surface area contributed by atoms with Crippen LogP contribution in [0.1, 0.15) is 37.7 Å². The lowest BCUT2D eigenvalue weighted by atomic mass is 9.76. The van der Waals surface area contributed by atoms with Crippen molar-refractivity contribution in [3.8, 4) is 0 Å². The van der Waals surface area contributed by atoms with E-state index in [1.807, 2.05) is 19.5 Å². The zero-order chi connectivity index (χ0) is 34.6. The lowest BCUT2D eigenvalue weighted by Crippen LogP contribution is -2.42. The summed E-state index contributed by atoms with van der Waals surface area (Å²) >= 11 is 0. The van der Waals surface area contributed by atoms with E-state index in [4.69, 9.17) is 34.4 Å². The Bertz CT molecular complexity index is 1020. The van der Waals surface area contributed by atoms with Gasteiger partial charge in [0.2, 0.25) is 0 Å². The molecule has 3 fully saturated rings. The molecule has 258 valence electrons. The molecule has 2 saturated heterocycles. The molecule has 3 aliphatic rings. The van der Waals surface area contributed by atoms with Crippen molar-refractivity contribution in [2.45, 2.75) is 63.2 Å². The van der Waals surface area contributed by atoms with Crippen molar-refractivity contribution in [3.63, 3.8) is 0 Å². The van der Waals surface area contributed by atoms with E-state index in [1.165, 1.54) is 63.8 Å². The highest BCUT2D eigenvalue weighted by Crippen LogP contribution is 2.44. The Labute approximate surface area is 251 Å². The van der Waals surface area contributed by atoms with E-state index in [0.29, 0.717) is 11.5 Å². The minimum absolute atomic E-state index is 0.524. The molecule has 2 aliphatic heterocycles. The second kappa shape index (κ2) is 16.9. The Kier molecular flexibility index (Phi) is 15.0. The molecule has 1 spiro atoms. The molecule has 19 heteroatoms. The fraction of sp³-hybridized carbons (Fsp3) is 0.692. The van der Waals surface area contributed by atoms with Gasteiger partial charge in [-0.15, -0.1) is 0 Å². The summed E-state index contributed by atoms with van der Waals surface area (Å²) in [6.07, 6.45) is -4.46. The molecular weight excluding hydrogens is 637 g/mol. The summed E-state index contributed by atoms with van der Waals surface area (Å²) in [5.74, 6) is -7.25. The zero-order valence-electron chi connectivity index (χ0n) is 24.0. The van der Waals surface area contributed by atoms with Gasteiger partial charge in [-0.2, -0.15) is 39.5 Å². The molecule has 3 N–H and O–H groups in total. The largest absolute Gasteiger partial charge is 0.490 e. The first-order chi connectivity index (χ1) is 20.6. The van der Waals surface area contributed by atoms with E-state index in [0.717, 1.165) is 19.1 Å². The second-order valence-corrected chi connectivity index (χ2v) is 10.7. The van der Waals surface area contributed by atoms with Crippen LogP contribution in [0, 0.1) is 11.3 Å². The smallest absolute Gasteiger partial charge is 0.475 e. The third-order valence-electron chi connectivity index (χ3n) is 7.08. The number of carboxylic acids is 3. The fourth-order valence-electron chi connectivity index (χ4n) is 4.76. The maximum absolute atomic E-state index is 10.6. The molecule has 45 heavy (non-hydrogen) atoms. The predicted molar refractivity (Wildman–Crippen MR) is 137 cm³/mol. The molecule has 1 aliphatic carbocycles. The number of hydrogen-bond acceptors (Lipinski definition) is 7. The van der Waals surface area contributed by atoms with Gasteiger partial charge in [-0.25, -0.2) is 14.4 Å². The minimum atomic E-state index is -5.08. The maximum atomic E-state index is 10.6. The van der Waals surface area contributed by atoms with Gasteiger partial charge in [0.25, 0.3) is 0 Å². The van der Waals surface area contributed by atoms with Crippen molar-refractivity contribution < 1.29 is 74.0 Å². The van der Waals surface area contributed by atoms with E-state index in [-0.39, 0.29) is 0 Å². The number of ether oxygens (including phenoxy) is 1. The summed E-state index contributed by atoms with van der Waals surface area (Å²) < 4.78 is 101. The van der Waals surface area contributed by atoms with Crippen LogP contribution in [0.5, 0.6) is 0 Å². The molecule has 1 aromatic heterocycles. The molecule has 10 nitrogen and oxygen atoms in total. The number of aromatic nitrogens is 1. The van der Waals surface area contributed by atoms with Crippen molar-refractivity contribution in [1.82, 2.24) is 14.8 Å². The number of nitrogens with zero attached hydrogens (tertiary/aromatic N) is 3. The Hall–Kier alpha value is -3.19. The summed E-state index contributed by atoms with van der Waals surface area (Å²) in [4.78, 5) is 36.2. The summed E-state index contributed by atoms with van der Waals surface area (Å²) in [6.45, 7) is 7.10. The molecule has 0 radical (unpaired) electrons. The van der Waals surface area contributed by atoms with Crippen LogP contribution in [0.4, 0.5) is 39.5 Å². The van der Waals surface area contributed by atoms with Crippen molar-refractivity contribution >= 4 is 17.9 Å². The van der Waals surface area contributed by atoms with Crippen LogP contribution in [0.2, 0.25) is 0 Å². The van der Waals surface area contributed by atoms with Gasteiger partial charge in [0.15, 0.2) is 0 Å². The summed E-state index contributed by atoms with van der Waals surface area (Å²) in [5, 5.41) is 21.4.